The molecule has 2 rings (SSSR count). The van der Waals surface area contributed by atoms with Crippen LogP contribution < -0.4 is 0 Å². The van der Waals surface area contributed by atoms with E-state index >= 15 is 0 Å². The Bertz CT molecular complexity index is 502. The van der Waals surface area contributed by atoms with Crippen LogP contribution in [0.2, 0.25) is 0 Å². The van der Waals surface area contributed by atoms with Gasteiger partial charge in [0.25, 0.3) is 0 Å². The molecule has 0 aliphatic heterocycles. The molecule has 0 saturated carbocycles. The van der Waals surface area contributed by atoms with Gasteiger partial charge < -0.3 is 0 Å². The lowest BCUT2D eigenvalue weighted by Gasteiger charge is -1.96. The van der Waals surface area contributed by atoms with Gasteiger partial charge in [0.1, 0.15) is 11.6 Å². The number of halogens is 1. The maximum atomic E-state index is 13.0. The number of pyridine rings is 2. The summed E-state index contributed by atoms with van der Waals surface area (Å²) in [6.45, 7) is 0. The smallest absolute Gasteiger partial charge is 0.167 e. The largest absolute Gasteiger partial charge is 0.261 e. The van der Waals surface area contributed by atoms with Crippen molar-refractivity contribution in [2.75, 3.05) is 0 Å². The van der Waals surface area contributed by atoms with Crippen molar-refractivity contribution < 1.29 is 4.39 Å². The Hall–Kier alpha value is -2.02. The van der Waals surface area contributed by atoms with Crippen molar-refractivity contribution in [3.63, 3.8) is 0 Å². The number of fused-ring (bicyclic) bond motifs is 1. The van der Waals surface area contributed by atoms with Crippen LogP contribution in [0.15, 0.2) is 24.7 Å². The van der Waals surface area contributed by atoms with Gasteiger partial charge in [0, 0.05) is 17.8 Å². The second kappa shape index (κ2) is 2.79. The van der Waals surface area contributed by atoms with E-state index in [-0.39, 0.29) is 5.52 Å². The predicted octanol–water partition coefficient (Wildman–Crippen LogP) is 1.64. The molecule has 4 heteroatoms. The van der Waals surface area contributed by atoms with Crippen molar-refractivity contribution >= 4 is 10.9 Å². The quantitative estimate of drug-likeness (QED) is 0.608. The number of aromatic nitrogens is 2. The zero-order valence-corrected chi connectivity index (χ0v) is 6.53. The third-order valence-electron chi connectivity index (χ3n) is 1.67. The SMILES string of the molecule is N#Cc1cnc2c(F)cncc2c1. The summed E-state index contributed by atoms with van der Waals surface area (Å²) in [4.78, 5) is 7.48. The summed E-state index contributed by atoms with van der Waals surface area (Å²) in [5.74, 6) is -0.470. The molecule has 0 unspecified atom stereocenters. The highest BCUT2D eigenvalue weighted by molar-refractivity contribution is 5.78. The third kappa shape index (κ3) is 1.20. The molecule has 2 heterocycles. The van der Waals surface area contributed by atoms with Gasteiger partial charge in [-0.25, -0.2) is 4.39 Å². The fourth-order valence-corrected chi connectivity index (χ4v) is 1.09. The van der Waals surface area contributed by atoms with Crippen LogP contribution in [0.1, 0.15) is 5.56 Å². The molecular formula is C9H4FN3. The molecule has 0 aromatic carbocycles. The van der Waals surface area contributed by atoms with E-state index in [1.54, 1.807) is 6.07 Å². The zero-order chi connectivity index (χ0) is 9.26. The molecule has 2 aromatic heterocycles. The first kappa shape index (κ1) is 7.62. The summed E-state index contributed by atoms with van der Waals surface area (Å²) >= 11 is 0. The van der Waals surface area contributed by atoms with Crippen molar-refractivity contribution in [3.05, 3.63) is 36.0 Å². The topological polar surface area (TPSA) is 49.6 Å². The number of nitriles is 1. The van der Waals surface area contributed by atoms with Crippen LogP contribution in [0, 0.1) is 17.1 Å². The molecule has 0 radical (unpaired) electrons. The normalized spacial score (nSPS) is 9.85. The molecule has 0 atom stereocenters. The highest BCUT2D eigenvalue weighted by Gasteiger charge is 2.02. The Morgan fingerprint density at radius 2 is 2.15 bits per heavy atom. The van der Waals surface area contributed by atoms with E-state index in [1.807, 2.05) is 6.07 Å². The van der Waals surface area contributed by atoms with Crippen molar-refractivity contribution in [2.24, 2.45) is 0 Å². The molecule has 0 aliphatic rings. The molecule has 0 bridgehead atoms. The molecule has 3 nitrogen and oxygen atoms in total. The van der Waals surface area contributed by atoms with E-state index in [2.05, 4.69) is 9.97 Å². The summed E-state index contributed by atoms with van der Waals surface area (Å²) < 4.78 is 13.0. The summed E-state index contributed by atoms with van der Waals surface area (Å²) in [5, 5.41) is 9.10. The molecule has 0 N–H and O–H groups in total. The molecule has 13 heavy (non-hydrogen) atoms. The second-order valence-electron chi connectivity index (χ2n) is 2.53. The molecule has 0 aliphatic carbocycles. The summed E-state index contributed by atoms with van der Waals surface area (Å²) in [5.41, 5.74) is 0.647. The lowest BCUT2D eigenvalue weighted by molar-refractivity contribution is 0.631. The highest BCUT2D eigenvalue weighted by atomic mass is 19.1. The number of nitrogens with zero attached hydrogens (tertiary/aromatic N) is 3. The van der Waals surface area contributed by atoms with Crippen LogP contribution in [0.4, 0.5) is 4.39 Å². The minimum Gasteiger partial charge on any atom is -0.261 e. The van der Waals surface area contributed by atoms with Crippen LogP contribution >= 0.6 is 0 Å². The van der Waals surface area contributed by atoms with Crippen molar-refractivity contribution in [3.8, 4) is 6.07 Å². The minimum atomic E-state index is -0.470. The number of hydrogen-bond donors (Lipinski definition) is 0. The van der Waals surface area contributed by atoms with Crippen LogP contribution in [0.5, 0.6) is 0 Å². The number of rotatable bonds is 0. The van der Waals surface area contributed by atoms with Crippen LogP contribution in [0.25, 0.3) is 10.9 Å². The molecular weight excluding hydrogens is 169 g/mol. The Morgan fingerprint density at radius 3 is 2.92 bits per heavy atom. The minimum absolute atomic E-state index is 0.244. The fourth-order valence-electron chi connectivity index (χ4n) is 1.09. The first-order valence-electron chi connectivity index (χ1n) is 3.60. The van der Waals surface area contributed by atoms with E-state index in [1.165, 1.54) is 12.4 Å². The van der Waals surface area contributed by atoms with Crippen molar-refractivity contribution in [1.29, 1.82) is 5.26 Å². The molecule has 0 amide bonds. The lowest BCUT2D eigenvalue weighted by atomic mass is 10.2. The van der Waals surface area contributed by atoms with Gasteiger partial charge in [-0.2, -0.15) is 5.26 Å². The number of hydrogen-bond acceptors (Lipinski definition) is 3. The maximum absolute atomic E-state index is 13.0. The fraction of sp³-hybridized carbons (Fsp3) is 0. The maximum Gasteiger partial charge on any atom is 0.167 e. The van der Waals surface area contributed by atoms with Gasteiger partial charge in [-0.05, 0) is 6.07 Å². The molecule has 2 aromatic rings. The Morgan fingerprint density at radius 1 is 1.31 bits per heavy atom. The van der Waals surface area contributed by atoms with E-state index in [0.29, 0.717) is 10.9 Å². The van der Waals surface area contributed by atoms with E-state index in [9.17, 15) is 4.39 Å². The van der Waals surface area contributed by atoms with E-state index in [0.717, 1.165) is 6.20 Å². The van der Waals surface area contributed by atoms with Gasteiger partial charge in [0.05, 0.1) is 11.8 Å². The molecule has 0 saturated heterocycles. The summed E-state index contributed by atoms with van der Waals surface area (Å²) in [6, 6.07) is 3.48. The van der Waals surface area contributed by atoms with Crippen LogP contribution in [0.3, 0.4) is 0 Å². The molecule has 0 fully saturated rings. The second-order valence-corrected chi connectivity index (χ2v) is 2.53. The highest BCUT2D eigenvalue weighted by Crippen LogP contribution is 2.14. The summed E-state index contributed by atoms with van der Waals surface area (Å²) in [6.07, 6.45) is 3.92. The third-order valence-corrected chi connectivity index (χ3v) is 1.67. The molecule has 62 valence electrons. The van der Waals surface area contributed by atoms with Gasteiger partial charge in [-0.1, -0.05) is 0 Å². The van der Waals surface area contributed by atoms with Gasteiger partial charge in [0.15, 0.2) is 5.82 Å². The Labute approximate surface area is 73.5 Å². The first-order chi connectivity index (χ1) is 6.31. The predicted molar refractivity (Wildman–Crippen MR) is 44.2 cm³/mol. The Kier molecular flexibility index (Phi) is 1.64. The van der Waals surface area contributed by atoms with Crippen LogP contribution in [-0.4, -0.2) is 9.97 Å². The van der Waals surface area contributed by atoms with Gasteiger partial charge in [-0.3, -0.25) is 9.97 Å². The Balaban J connectivity index is 2.82. The van der Waals surface area contributed by atoms with Crippen molar-refractivity contribution in [2.45, 2.75) is 0 Å². The molecule has 0 spiro atoms. The average Bonchev–Trinajstić information content (AvgIpc) is 2.18. The average molecular weight is 173 g/mol. The van der Waals surface area contributed by atoms with E-state index in [4.69, 9.17) is 5.26 Å². The zero-order valence-electron chi connectivity index (χ0n) is 6.53. The van der Waals surface area contributed by atoms with Gasteiger partial charge in [-0.15, -0.1) is 0 Å². The van der Waals surface area contributed by atoms with Crippen molar-refractivity contribution in [1.82, 2.24) is 9.97 Å². The monoisotopic (exact) mass is 173 g/mol. The van der Waals surface area contributed by atoms with Crippen LogP contribution in [-0.2, 0) is 0 Å². The first-order valence-corrected chi connectivity index (χ1v) is 3.60. The van der Waals surface area contributed by atoms with Gasteiger partial charge in [0.2, 0.25) is 0 Å². The summed E-state index contributed by atoms with van der Waals surface area (Å²) in [7, 11) is 0. The van der Waals surface area contributed by atoms with E-state index < -0.39 is 5.82 Å². The van der Waals surface area contributed by atoms with Gasteiger partial charge >= 0.3 is 0 Å². The standard InChI is InChI=1S/C9H4FN3/c10-8-5-12-4-7-1-6(2-11)3-13-9(7)8/h1,3-5H. The lowest BCUT2D eigenvalue weighted by Crippen LogP contribution is -1.87.